The molecule has 0 spiro atoms. The molecular formula is C26H24O3P+. The van der Waals surface area contributed by atoms with Crippen molar-refractivity contribution in [2.24, 2.45) is 0 Å². The molecule has 4 rings (SSSR count). The van der Waals surface area contributed by atoms with E-state index in [0.717, 1.165) is 5.56 Å². The first-order chi connectivity index (χ1) is 14.6. The number of rotatable bonds is 6. The minimum Gasteiger partial charge on any atom is -0.460 e. The van der Waals surface area contributed by atoms with Crippen LogP contribution in [-0.2, 0) is 4.74 Å². The van der Waals surface area contributed by atoms with Crippen molar-refractivity contribution >= 4 is 29.1 Å². The maximum atomic E-state index is 12.1. The molecule has 30 heavy (non-hydrogen) atoms. The number of carbonyl (C=O) groups excluding carboxylic acids is 1. The van der Waals surface area contributed by atoms with Crippen LogP contribution in [0.4, 0.5) is 0 Å². The molecule has 0 amide bonds. The predicted octanol–water partition coefficient (Wildman–Crippen LogP) is 5.05. The highest BCUT2D eigenvalue weighted by atomic mass is 31.2. The van der Waals surface area contributed by atoms with Gasteiger partial charge in [-0.15, -0.1) is 0 Å². The molecule has 0 saturated heterocycles. The summed E-state index contributed by atoms with van der Waals surface area (Å²) in [7, 11) is -1.93. The quantitative estimate of drug-likeness (QED) is 0.327. The van der Waals surface area contributed by atoms with E-state index in [-0.39, 0.29) is 5.76 Å². The van der Waals surface area contributed by atoms with E-state index in [1.54, 1.807) is 13.0 Å². The van der Waals surface area contributed by atoms with Gasteiger partial charge in [-0.05, 0) is 55.5 Å². The fraction of sp³-hybridized carbons (Fsp3) is 0.115. The fourth-order valence-electron chi connectivity index (χ4n) is 3.75. The summed E-state index contributed by atoms with van der Waals surface area (Å²) in [6, 6.07) is 33.1. The van der Waals surface area contributed by atoms with Gasteiger partial charge in [0.05, 0.1) is 18.8 Å². The summed E-state index contributed by atoms with van der Waals surface area (Å²) in [6.07, 6.45) is 0. The van der Waals surface area contributed by atoms with E-state index in [0.29, 0.717) is 12.4 Å². The lowest BCUT2D eigenvalue weighted by Crippen LogP contribution is -2.31. The molecular weight excluding hydrogens is 391 g/mol. The Bertz CT molecular complexity index is 1090. The number of esters is 1. The van der Waals surface area contributed by atoms with Crippen molar-refractivity contribution < 1.29 is 13.9 Å². The van der Waals surface area contributed by atoms with Crippen molar-refractivity contribution in [1.82, 2.24) is 0 Å². The molecule has 0 bridgehead atoms. The highest BCUT2D eigenvalue weighted by Crippen LogP contribution is 2.53. The number of ether oxygens (including phenoxy) is 1. The third kappa shape index (κ3) is 3.69. The average molecular weight is 415 g/mol. The van der Waals surface area contributed by atoms with Gasteiger partial charge in [0.2, 0.25) is 5.76 Å². The lowest BCUT2D eigenvalue weighted by atomic mass is 10.2. The van der Waals surface area contributed by atoms with Gasteiger partial charge in [0.15, 0.2) is 0 Å². The van der Waals surface area contributed by atoms with Crippen molar-refractivity contribution in [3.63, 3.8) is 0 Å². The van der Waals surface area contributed by atoms with E-state index in [2.05, 4.69) is 73.4 Å². The first-order valence-electron chi connectivity index (χ1n) is 9.99. The summed E-state index contributed by atoms with van der Waals surface area (Å²) in [5.41, 5.74) is 0.997. The smallest absolute Gasteiger partial charge is 0.374 e. The van der Waals surface area contributed by atoms with E-state index < -0.39 is 13.2 Å². The van der Waals surface area contributed by atoms with Crippen molar-refractivity contribution in [3.05, 3.63) is 103 Å². The molecule has 0 radical (unpaired) electrons. The Morgan fingerprint density at radius 2 is 1.37 bits per heavy atom. The van der Waals surface area contributed by atoms with Crippen LogP contribution in [-0.4, -0.2) is 19.2 Å². The Hall–Kier alpha value is -3.16. The Morgan fingerprint density at radius 3 is 1.97 bits per heavy atom. The molecule has 4 aromatic rings. The van der Waals surface area contributed by atoms with Gasteiger partial charge >= 0.3 is 5.97 Å². The molecule has 150 valence electrons. The second-order valence-corrected chi connectivity index (χ2v) is 10.6. The Labute approximate surface area is 177 Å². The fourth-order valence-corrected chi connectivity index (χ4v) is 7.19. The molecule has 1 aromatic heterocycles. The number of carbonyl (C=O) groups is 1. The third-order valence-corrected chi connectivity index (χ3v) is 9.29. The number of hydrogen-bond acceptors (Lipinski definition) is 3. The molecule has 0 aliphatic carbocycles. The second-order valence-electron chi connectivity index (χ2n) is 7.08. The van der Waals surface area contributed by atoms with Gasteiger partial charge in [-0.3, -0.25) is 0 Å². The molecule has 0 aliphatic rings. The summed E-state index contributed by atoms with van der Waals surface area (Å²) in [5, 5.41) is 3.80. The summed E-state index contributed by atoms with van der Waals surface area (Å²) in [4.78, 5) is 12.1. The van der Waals surface area contributed by atoms with Crippen molar-refractivity contribution in [1.29, 1.82) is 0 Å². The van der Waals surface area contributed by atoms with Crippen LogP contribution in [0.1, 0.15) is 17.5 Å². The largest absolute Gasteiger partial charge is 0.460 e. The number of furan rings is 1. The van der Waals surface area contributed by atoms with E-state index in [1.165, 1.54) is 15.9 Å². The van der Waals surface area contributed by atoms with Crippen molar-refractivity contribution in [2.45, 2.75) is 6.92 Å². The van der Waals surface area contributed by atoms with Crippen LogP contribution in [0, 0.1) is 0 Å². The van der Waals surface area contributed by atoms with Crippen molar-refractivity contribution in [3.8, 4) is 11.3 Å². The zero-order valence-electron chi connectivity index (χ0n) is 17.1. The van der Waals surface area contributed by atoms with Crippen LogP contribution in [0.15, 0.2) is 101 Å². The van der Waals surface area contributed by atoms with E-state index >= 15 is 0 Å². The molecule has 3 nitrogen and oxygen atoms in total. The topological polar surface area (TPSA) is 39.4 Å². The molecule has 1 heterocycles. The van der Waals surface area contributed by atoms with Gasteiger partial charge in [-0.1, -0.05) is 48.5 Å². The first-order valence-corrected chi connectivity index (χ1v) is 12.2. The molecule has 0 atom stereocenters. The van der Waals surface area contributed by atoms with E-state index in [9.17, 15) is 4.79 Å². The standard InChI is InChI=1S/C26H24O3P/c1-3-28-26(27)24-19-18-23(29-24)22-16-10-11-17-25(22)30(2,20-12-6-4-7-13-20)21-14-8-5-9-15-21/h4-19H,3H2,1-2H3/q+1. The summed E-state index contributed by atoms with van der Waals surface area (Å²) < 4.78 is 11.0. The van der Waals surface area contributed by atoms with Gasteiger partial charge < -0.3 is 9.15 Å². The highest BCUT2D eigenvalue weighted by molar-refractivity contribution is 7.95. The van der Waals surface area contributed by atoms with Crippen LogP contribution in [0.3, 0.4) is 0 Å². The lowest BCUT2D eigenvalue weighted by Gasteiger charge is -2.24. The molecule has 0 saturated carbocycles. The van der Waals surface area contributed by atoms with Crippen molar-refractivity contribution in [2.75, 3.05) is 13.3 Å². The maximum Gasteiger partial charge on any atom is 0.374 e. The van der Waals surface area contributed by atoms with Crippen LogP contribution in [0.2, 0.25) is 0 Å². The average Bonchev–Trinajstić information content (AvgIpc) is 3.30. The molecule has 3 aromatic carbocycles. The van der Waals surface area contributed by atoms with E-state index in [1.807, 2.05) is 24.3 Å². The number of benzene rings is 3. The molecule has 4 heteroatoms. The second kappa shape index (κ2) is 8.69. The first kappa shape index (κ1) is 20.1. The SMILES string of the molecule is CCOC(=O)c1ccc(-c2ccccc2[P+](C)(c2ccccc2)c2ccccc2)o1. The van der Waals surface area contributed by atoms with Crippen LogP contribution < -0.4 is 15.9 Å². The third-order valence-electron chi connectivity index (χ3n) is 5.28. The van der Waals surface area contributed by atoms with Gasteiger partial charge in [0.25, 0.3) is 0 Å². The summed E-state index contributed by atoms with van der Waals surface area (Å²) in [6.45, 7) is 4.44. The van der Waals surface area contributed by atoms with Gasteiger partial charge in [-0.25, -0.2) is 4.79 Å². The monoisotopic (exact) mass is 415 g/mol. The minimum atomic E-state index is -1.93. The zero-order valence-corrected chi connectivity index (χ0v) is 18.0. The van der Waals surface area contributed by atoms with E-state index in [4.69, 9.17) is 9.15 Å². The highest BCUT2D eigenvalue weighted by Gasteiger charge is 2.42. The summed E-state index contributed by atoms with van der Waals surface area (Å²) in [5.74, 6) is 0.456. The van der Waals surface area contributed by atoms with Crippen LogP contribution in [0.5, 0.6) is 0 Å². The minimum absolute atomic E-state index is 0.223. The van der Waals surface area contributed by atoms with Gasteiger partial charge in [0.1, 0.15) is 28.9 Å². The van der Waals surface area contributed by atoms with Gasteiger partial charge in [-0.2, -0.15) is 0 Å². The van der Waals surface area contributed by atoms with Crippen LogP contribution >= 0.6 is 7.26 Å². The Balaban J connectivity index is 1.90. The molecule has 0 N–H and O–H groups in total. The van der Waals surface area contributed by atoms with Gasteiger partial charge in [0, 0.05) is 0 Å². The zero-order chi connectivity index (χ0) is 21.0. The lowest BCUT2D eigenvalue weighted by molar-refractivity contribution is 0.0491. The molecule has 0 aliphatic heterocycles. The van der Waals surface area contributed by atoms with Crippen LogP contribution in [0.25, 0.3) is 11.3 Å². The normalized spacial score (nSPS) is 11.3. The predicted molar refractivity (Wildman–Crippen MR) is 125 cm³/mol. The molecule has 0 unspecified atom stereocenters. The maximum absolute atomic E-state index is 12.1. The summed E-state index contributed by atoms with van der Waals surface area (Å²) >= 11 is 0. The molecule has 0 fully saturated rings. The Kier molecular flexibility index (Phi) is 5.83. The Morgan fingerprint density at radius 1 is 0.800 bits per heavy atom. The number of hydrogen-bond donors (Lipinski definition) is 0.